The van der Waals surface area contributed by atoms with Gasteiger partial charge in [-0.25, -0.2) is 15.0 Å². The highest BCUT2D eigenvalue weighted by Crippen LogP contribution is 2.24. The molecule has 9 nitrogen and oxygen atoms in total. The average Bonchev–Trinajstić information content (AvgIpc) is 2.69. The zero-order valence-electron chi connectivity index (χ0n) is 16.1. The van der Waals surface area contributed by atoms with Gasteiger partial charge in [-0.3, -0.25) is 14.6 Å². The van der Waals surface area contributed by atoms with Crippen LogP contribution in [-0.2, 0) is 4.79 Å². The first-order valence-corrected chi connectivity index (χ1v) is 9.14. The van der Waals surface area contributed by atoms with Crippen LogP contribution < -0.4 is 16.0 Å². The number of nitrogens with zero attached hydrogens (tertiary/aromatic N) is 5. The number of aromatic nitrogens is 2. The summed E-state index contributed by atoms with van der Waals surface area (Å²) >= 11 is 0. The van der Waals surface area contributed by atoms with Crippen LogP contribution in [-0.4, -0.2) is 65.5 Å². The highest BCUT2D eigenvalue weighted by atomic mass is 16.2. The molecule has 1 aromatic carbocycles. The number of carbonyl (C=O) groups is 2. The molecule has 28 heavy (non-hydrogen) atoms. The standard InChI is InChI=1S/C19H25N7O2/c1-24(2)26(13-27)15-9-6-10-25(12-15)16-11-21-17(18(20)28)19(23-16)22-14-7-4-3-5-8-14/h3-5,7-8,11,13,15H,6,9-10,12H2,1-2H3,(H2,20,28)(H,22,23)/t15-/m1/s1. The molecule has 0 bridgehead atoms. The zero-order chi connectivity index (χ0) is 20.1. The molecule has 1 aromatic heterocycles. The Kier molecular flexibility index (Phi) is 6.05. The summed E-state index contributed by atoms with van der Waals surface area (Å²) in [6, 6.07) is 9.45. The molecule has 1 fully saturated rings. The number of hydrazine groups is 1. The fourth-order valence-electron chi connectivity index (χ4n) is 3.34. The van der Waals surface area contributed by atoms with Crippen LogP contribution in [0, 0.1) is 0 Å². The van der Waals surface area contributed by atoms with Gasteiger partial charge in [0.05, 0.1) is 12.2 Å². The molecule has 1 aliphatic rings. The van der Waals surface area contributed by atoms with E-state index >= 15 is 0 Å². The van der Waals surface area contributed by atoms with E-state index in [1.54, 1.807) is 16.2 Å². The normalized spacial score (nSPS) is 16.7. The molecule has 0 saturated carbocycles. The summed E-state index contributed by atoms with van der Waals surface area (Å²) in [6.45, 7) is 1.43. The molecule has 0 aliphatic carbocycles. The predicted molar refractivity (Wildman–Crippen MR) is 107 cm³/mol. The first-order valence-electron chi connectivity index (χ1n) is 9.14. The molecule has 9 heteroatoms. The van der Waals surface area contributed by atoms with Crippen molar-refractivity contribution < 1.29 is 9.59 Å². The molecule has 2 amide bonds. The maximum absolute atomic E-state index is 11.8. The third kappa shape index (κ3) is 4.37. The van der Waals surface area contributed by atoms with Gasteiger partial charge in [0.15, 0.2) is 11.5 Å². The smallest absolute Gasteiger partial charge is 0.271 e. The summed E-state index contributed by atoms with van der Waals surface area (Å²) in [7, 11) is 3.69. The van der Waals surface area contributed by atoms with Gasteiger partial charge < -0.3 is 16.0 Å². The minimum absolute atomic E-state index is 0.0457. The van der Waals surface area contributed by atoms with E-state index in [1.807, 2.05) is 44.4 Å². The number of primary amides is 1. The van der Waals surface area contributed by atoms with E-state index in [1.165, 1.54) is 0 Å². The first-order chi connectivity index (χ1) is 13.5. The van der Waals surface area contributed by atoms with Crippen LogP contribution in [0.15, 0.2) is 36.5 Å². The Morgan fingerprint density at radius 2 is 2.07 bits per heavy atom. The van der Waals surface area contributed by atoms with E-state index in [-0.39, 0.29) is 11.7 Å². The molecule has 2 heterocycles. The number of carbonyl (C=O) groups excluding carboxylic acids is 2. The fourth-order valence-corrected chi connectivity index (χ4v) is 3.34. The summed E-state index contributed by atoms with van der Waals surface area (Å²) in [6.07, 6.45) is 4.23. The molecule has 148 valence electrons. The molecule has 2 aromatic rings. The van der Waals surface area contributed by atoms with Gasteiger partial charge in [0.2, 0.25) is 6.41 Å². The summed E-state index contributed by atoms with van der Waals surface area (Å²) in [5, 5.41) is 6.58. The molecule has 3 rings (SSSR count). The molecule has 0 unspecified atom stereocenters. The van der Waals surface area contributed by atoms with Gasteiger partial charge >= 0.3 is 0 Å². The molecule has 3 N–H and O–H groups in total. The van der Waals surface area contributed by atoms with Crippen LogP contribution in [0.3, 0.4) is 0 Å². The summed E-state index contributed by atoms with van der Waals surface area (Å²) in [5.74, 6) is 0.310. The van der Waals surface area contributed by atoms with Gasteiger partial charge in [-0.05, 0) is 25.0 Å². The number of benzene rings is 1. The number of piperidine rings is 1. The Morgan fingerprint density at radius 3 is 2.71 bits per heavy atom. The van der Waals surface area contributed by atoms with Crippen molar-refractivity contribution >= 4 is 29.6 Å². The van der Waals surface area contributed by atoms with E-state index < -0.39 is 5.91 Å². The van der Waals surface area contributed by atoms with Crippen LogP contribution in [0.4, 0.5) is 17.3 Å². The SMILES string of the molecule is CN(C)N(C=O)[C@@H]1CCCN(c2cnc(C(N)=O)c(Nc3ccccc3)n2)C1. The van der Waals surface area contributed by atoms with Crippen molar-refractivity contribution in [2.45, 2.75) is 18.9 Å². The highest BCUT2D eigenvalue weighted by molar-refractivity contribution is 5.96. The van der Waals surface area contributed by atoms with Crippen LogP contribution in [0.5, 0.6) is 0 Å². The van der Waals surface area contributed by atoms with Crippen molar-refractivity contribution in [3.63, 3.8) is 0 Å². The summed E-state index contributed by atoms with van der Waals surface area (Å²) < 4.78 is 0. The second-order valence-corrected chi connectivity index (χ2v) is 6.86. The van der Waals surface area contributed by atoms with E-state index in [0.29, 0.717) is 18.2 Å². The van der Waals surface area contributed by atoms with E-state index in [0.717, 1.165) is 31.5 Å². The number of para-hydroxylation sites is 1. The fraction of sp³-hybridized carbons (Fsp3) is 0.368. The van der Waals surface area contributed by atoms with Gasteiger partial charge in [-0.2, -0.15) is 0 Å². The van der Waals surface area contributed by atoms with E-state index in [4.69, 9.17) is 5.73 Å². The number of anilines is 3. The van der Waals surface area contributed by atoms with Crippen LogP contribution in [0.1, 0.15) is 23.3 Å². The minimum Gasteiger partial charge on any atom is -0.364 e. The molecule has 1 aliphatic heterocycles. The van der Waals surface area contributed by atoms with Crippen LogP contribution >= 0.6 is 0 Å². The lowest BCUT2D eigenvalue weighted by molar-refractivity contribution is -0.135. The molecule has 0 spiro atoms. The minimum atomic E-state index is -0.645. The van der Waals surface area contributed by atoms with Crippen molar-refractivity contribution in [3.8, 4) is 0 Å². The maximum atomic E-state index is 11.8. The van der Waals surface area contributed by atoms with Crippen LogP contribution in [0.25, 0.3) is 0 Å². The van der Waals surface area contributed by atoms with E-state index in [2.05, 4.69) is 20.2 Å². The Bertz CT molecular complexity index is 828. The third-order valence-corrected chi connectivity index (χ3v) is 4.69. The van der Waals surface area contributed by atoms with Crippen molar-refractivity contribution in [2.75, 3.05) is 37.4 Å². The molecule has 1 atom stereocenters. The number of amides is 2. The number of hydrogen-bond acceptors (Lipinski definition) is 7. The van der Waals surface area contributed by atoms with Crippen molar-refractivity contribution in [1.82, 2.24) is 20.0 Å². The van der Waals surface area contributed by atoms with Gasteiger partial charge in [0, 0.05) is 32.9 Å². The second kappa shape index (κ2) is 8.66. The lowest BCUT2D eigenvalue weighted by Gasteiger charge is -2.40. The lowest BCUT2D eigenvalue weighted by Crippen LogP contribution is -2.52. The van der Waals surface area contributed by atoms with Gasteiger partial charge in [0.1, 0.15) is 5.82 Å². The largest absolute Gasteiger partial charge is 0.364 e. The second-order valence-electron chi connectivity index (χ2n) is 6.86. The predicted octanol–water partition coefficient (Wildman–Crippen LogP) is 1.22. The molecular weight excluding hydrogens is 358 g/mol. The molecular formula is C19H25N7O2. The highest BCUT2D eigenvalue weighted by Gasteiger charge is 2.27. The molecule has 1 saturated heterocycles. The number of nitrogens with two attached hydrogens (primary N) is 1. The van der Waals surface area contributed by atoms with E-state index in [9.17, 15) is 9.59 Å². The van der Waals surface area contributed by atoms with Gasteiger partial charge in [0.25, 0.3) is 5.91 Å². The Morgan fingerprint density at radius 1 is 1.32 bits per heavy atom. The van der Waals surface area contributed by atoms with Gasteiger partial charge in [-0.1, -0.05) is 18.2 Å². The number of rotatable bonds is 7. The monoisotopic (exact) mass is 383 g/mol. The Labute approximate surface area is 164 Å². The topological polar surface area (TPSA) is 108 Å². The summed E-state index contributed by atoms with van der Waals surface area (Å²) in [4.78, 5) is 34.1. The quantitative estimate of drug-likeness (QED) is 0.547. The third-order valence-electron chi connectivity index (χ3n) is 4.69. The number of nitrogens with one attached hydrogen (secondary N) is 1. The first kappa shape index (κ1) is 19.6. The molecule has 0 radical (unpaired) electrons. The van der Waals surface area contributed by atoms with Gasteiger partial charge in [-0.15, -0.1) is 0 Å². The van der Waals surface area contributed by atoms with Crippen molar-refractivity contribution in [3.05, 3.63) is 42.2 Å². The van der Waals surface area contributed by atoms with Crippen molar-refractivity contribution in [1.29, 1.82) is 0 Å². The van der Waals surface area contributed by atoms with Crippen molar-refractivity contribution in [2.24, 2.45) is 5.73 Å². The average molecular weight is 383 g/mol. The Balaban J connectivity index is 1.86. The lowest BCUT2D eigenvalue weighted by atomic mass is 10.1. The van der Waals surface area contributed by atoms with Crippen LogP contribution in [0.2, 0.25) is 0 Å². The maximum Gasteiger partial charge on any atom is 0.271 e. The zero-order valence-corrected chi connectivity index (χ0v) is 16.1. The summed E-state index contributed by atoms with van der Waals surface area (Å²) in [5.41, 5.74) is 6.34. The number of hydrogen-bond donors (Lipinski definition) is 2. The Hall–Kier alpha value is -3.20.